The van der Waals surface area contributed by atoms with Gasteiger partial charge >= 0.3 is 6.18 Å². The molecule has 0 aliphatic carbocycles. The quantitative estimate of drug-likeness (QED) is 0.838. The van der Waals surface area contributed by atoms with Crippen molar-refractivity contribution in [3.05, 3.63) is 29.6 Å². The largest absolute Gasteiger partial charge is 0.494 e. The molecule has 7 heteroatoms. The number of piperidine rings is 1. The Kier molecular flexibility index (Phi) is 5.86. The second-order valence-electron chi connectivity index (χ2n) is 5.91. The Balaban J connectivity index is 1.89. The van der Waals surface area contributed by atoms with Gasteiger partial charge < -0.3 is 14.7 Å². The average Bonchev–Trinajstić information content (AvgIpc) is 2.46. The molecule has 1 aliphatic heterocycles. The first kappa shape index (κ1) is 18.0. The van der Waals surface area contributed by atoms with Crippen molar-refractivity contribution in [1.29, 1.82) is 0 Å². The molecular weight excluding hydrogens is 314 g/mol. The second-order valence-corrected chi connectivity index (χ2v) is 5.91. The van der Waals surface area contributed by atoms with Crippen LogP contribution in [-0.4, -0.2) is 49.0 Å². The summed E-state index contributed by atoms with van der Waals surface area (Å²) in [5, 5.41) is 9.49. The summed E-state index contributed by atoms with van der Waals surface area (Å²) < 4.78 is 55.9. The Morgan fingerprint density at radius 2 is 1.96 bits per heavy atom. The highest BCUT2D eigenvalue weighted by Gasteiger charge is 2.32. The Morgan fingerprint density at radius 3 is 2.52 bits per heavy atom. The van der Waals surface area contributed by atoms with Crippen molar-refractivity contribution >= 4 is 0 Å². The summed E-state index contributed by atoms with van der Waals surface area (Å²) >= 11 is 0. The summed E-state index contributed by atoms with van der Waals surface area (Å²) in [4.78, 5) is 1.80. The molecule has 0 bridgehead atoms. The molecule has 1 saturated heterocycles. The van der Waals surface area contributed by atoms with Crippen molar-refractivity contribution in [2.45, 2.75) is 37.5 Å². The number of aliphatic hydroxyl groups excluding tert-OH is 1. The van der Waals surface area contributed by atoms with E-state index in [-0.39, 0.29) is 24.0 Å². The summed E-state index contributed by atoms with van der Waals surface area (Å²) in [7, 11) is 1.41. The van der Waals surface area contributed by atoms with Crippen LogP contribution < -0.4 is 4.74 Å². The van der Waals surface area contributed by atoms with Gasteiger partial charge in [-0.1, -0.05) is 12.1 Å². The maximum atomic E-state index is 14.2. The fourth-order valence-electron chi connectivity index (χ4n) is 3.06. The van der Waals surface area contributed by atoms with Crippen molar-refractivity contribution < 1.29 is 27.4 Å². The molecule has 0 unspecified atom stereocenters. The van der Waals surface area contributed by atoms with E-state index in [4.69, 9.17) is 4.74 Å². The van der Waals surface area contributed by atoms with E-state index in [9.17, 15) is 22.7 Å². The van der Waals surface area contributed by atoms with E-state index in [1.165, 1.54) is 7.11 Å². The molecule has 1 aromatic rings. The number of rotatable bonds is 5. The number of ether oxygens (including phenoxy) is 1. The predicted molar refractivity (Wildman–Crippen MR) is 78.0 cm³/mol. The highest BCUT2D eigenvalue weighted by Crippen LogP contribution is 2.33. The van der Waals surface area contributed by atoms with Crippen LogP contribution in [0.4, 0.5) is 17.6 Å². The van der Waals surface area contributed by atoms with Crippen molar-refractivity contribution in [1.82, 2.24) is 4.90 Å². The summed E-state index contributed by atoms with van der Waals surface area (Å²) in [6.07, 6.45) is -5.69. The van der Waals surface area contributed by atoms with E-state index >= 15 is 0 Å². The smallest absolute Gasteiger partial charge is 0.391 e. The lowest BCUT2D eigenvalue weighted by molar-refractivity contribution is -0.155. The van der Waals surface area contributed by atoms with Crippen LogP contribution >= 0.6 is 0 Å². The van der Waals surface area contributed by atoms with Crippen LogP contribution in [0, 0.1) is 5.82 Å². The number of halogens is 4. The third-order valence-corrected chi connectivity index (χ3v) is 4.18. The van der Waals surface area contributed by atoms with Gasteiger partial charge in [-0.05, 0) is 43.5 Å². The van der Waals surface area contributed by atoms with Gasteiger partial charge in [-0.25, -0.2) is 4.39 Å². The van der Waals surface area contributed by atoms with Gasteiger partial charge in [0, 0.05) is 6.54 Å². The SMILES string of the molecule is COc1cccc(C2CCN(C[C@@H](O)CC(F)(F)F)CC2)c1F. The first-order chi connectivity index (χ1) is 10.8. The van der Waals surface area contributed by atoms with Crippen molar-refractivity contribution in [3.8, 4) is 5.75 Å². The number of hydrogen-bond donors (Lipinski definition) is 1. The van der Waals surface area contributed by atoms with Crippen LogP contribution in [0.3, 0.4) is 0 Å². The molecule has 1 aliphatic rings. The molecule has 0 saturated carbocycles. The topological polar surface area (TPSA) is 32.7 Å². The molecule has 0 aromatic heterocycles. The van der Waals surface area contributed by atoms with Crippen molar-refractivity contribution in [2.24, 2.45) is 0 Å². The minimum atomic E-state index is -4.36. The minimum absolute atomic E-state index is 0.00712. The first-order valence-corrected chi connectivity index (χ1v) is 7.59. The Hall–Kier alpha value is -1.34. The number of methoxy groups -OCH3 is 1. The molecule has 0 radical (unpaired) electrons. The number of likely N-dealkylation sites (tertiary alicyclic amines) is 1. The Bertz CT molecular complexity index is 513. The number of alkyl halides is 3. The molecule has 23 heavy (non-hydrogen) atoms. The predicted octanol–water partition coefficient (Wildman–Crippen LogP) is 3.33. The number of aliphatic hydroxyl groups is 1. The van der Waals surface area contributed by atoms with Gasteiger partial charge in [0.15, 0.2) is 11.6 Å². The fourth-order valence-corrected chi connectivity index (χ4v) is 3.06. The molecule has 1 aromatic carbocycles. The molecule has 0 spiro atoms. The summed E-state index contributed by atoms with van der Waals surface area (Å²) in [6.45, 7) is 1.07. The maximum absolute atomic E-state index is 14.2. The van der Waals surface area contributed by atoms with E-state index in [2.05, 4.69) is 0 Å². The van der Waals surface area contributed by atoms with Crippen LogP contribution in [0.25, 0.3) is 0 Å². The summed E-state index contributed by atoms with van der Waals surface area (Å²) in [5.41, 5.74) is 0.583. The van der Waals surface area contributed by atoms with Gasteiger partial charge in [0.2, 0.25) is 0 Å². The van der Waals surface area contributed by atoms with Crippen LogP contribution in [0.1, 0.15) is 30.7 Å². The monoisotopic (exact) mass is 335 g/mol. The van der Waals surface area contributed by atoms with Gasteiger partial charge in [0.1, 0.15) is 0 Å². The molecule has 3 nitrogen and oxygen atoms in total. The Morgan fingerprint density at radius 1 is 1.30 bits per heavy atom. The normalized spacial score (nSPS) is 18.9. The lowest BCUT2D eigenvalue weighted by atomic mass is 9.88. The molecule has 1 N–H and O–H groups in total. The van der Waals surface area contributed by atoms with Crippen LogP contribution in [0.2, 0.25) is 0 Å². The number of nitrogens with zero attached hydrogens (tertiary/aromatic N) is 1. The fraction of sp³-hybridized carbons (Fsp3) is 0.625. The lowest BCUT2D eigenvalue weighted by Gasteiger charge is -2.33. The number of hydrogen-bond acceptors (Lipinski definition) is 3. The first-order valence-electron chi connectivity index (χ1n) is 7.59. The van der Waals surface area contributed by atoms with Crippen LogP contribution in [0.5, 0.6) is 5.75 Å². The minimum Gasteiger partial charge on any atom is -0.494 e. The maximum Gasteiger partial charge on any atom is 0.391 e. The summed E-state index contributed by atoms with van der Waals surface area (Å²) in [6, 6.07) is 5.01. The van der Waals surface area contributed by atoms with Crippen molar-refractivity contribution in [2.75, 3.05) is 26.7 Å². The van der Waals surface area contributed by atoms with Crippen molar-refractivity contribution in [3.63, 3.8) is 0 Å². The van der Waals surface area contributed by atoms with E-state index in [0.717, 1.165) is 0 Å². The third kappa shape index (κ3) is 5.07. The third-order valence-electron chi connectivity index (χ3n) is 4.18. The molecule has 2 rings (SSSR count). The van der Waals surface area contributed by atoms with E-state index < -0.39 is 18.7 Å². The number of benzene rings is 1. The molecule has 1 atom stereocenters. The van der Waals surface area contributed by atoms with E-state index in [1.807, 2.05) is 0 Å². The van der Waals surface area contributed by atoms with Gasteiger partial charge in [-0.3, -0.25) is 0 Å². The molecular formula is C16H21F4NO2. The zero-order valence-corrected chi connectivity index (χ0v) is 12.9. The highest BCUT2D eigenvalue weighted by atomic mass is 19.4. The lowest BCUT2D eigenvalue weighted by Crippen LogP contribution is -2.39. The molecule has 0 amide bonds. The Labute approximate surface area is 132 Å². The van der Waals surface area contributed by atoms with Crippen LogP contribution in [0.15, 0.2) is 18.2 Å². The van der Waals surface area contributed by atoms with Gasteiger partial charge in [-0.15, -0.1) is 0 Å². The number of β-amino-alcohol motifs (C(OH)–C–C–N with tert-alkyl or cyclic N) is 1. The van der Waals surface area contributed by atoms with Gasteiger partial charge in [0.05, 0.1) is 19.6 Å². The molecule has 130 valence electrons. The molecule has 1 heterocycles. The standard InChI is InChI=1S/C16H21F4NO2/c1-23-14-4-2-3-13(15(14)17)11-5-7-21(8-6-11)10-12(22)9-16(18,19)20/h2-4,11-12,22H,5-10H2,1H3/t12-/m0/s1. The van der Waals surface area contributed by atoms with Gasteiger partial charge in [-0.2, -0.15) is 13.2 Å². The molecule has 1 fully saturated rings. The zero-order chi connectivity index (χ0) is 17.0. The summed E-state index contributed by atoms with van der Waals surface area (Å²) in [5.74, 6) is -0.155. The highest BCUT2D eigenvalue weighted by molar-refractivity contribution is 5.33. The van der Waals surface area contributed by atoms with E-state index in [1.54, 1.807) is 23.1 Å². The zero-order valence-electron chi connectivity index (χ0n) is 12.9. The van der Waals surface area contributed by atoms with Crippen LogP contribution in [-0.2, 0) is 0 Å². The average molecular weight is 335 g/mol. The van der Waals surface area contributed by atoms with E-state index in [0.29, 0.717) is 31.5 Å². The second kappa shape index (κ2) is 7.49. The van der Waals surface area contributed by atoms with Gasteiger partial charge in [0.25, 0.3) is 0 Å².